The van der Waals surface area contributed by atoms with Crippen molar-refractivity contribution in [3.05, 3.63) is 218 Å². The summed E-state index contributed by atoms with van der Waals surface area (Å²) in [6.45, 7) is 0. The molecule has 0 amide bonds. The molecule has 0 aliphatic rings. The lowest BCUT2D eigenvalue weighted by Gasteiger charge is -2.16. The minimum Gasteiger partial charge on any atom is -0.309 e. The summed E-state index contributed by atoms with van der Waals surface area (Å²) in [7, 11) is 0. The fourth-order valence-electron chi connectivity index (χ4n) is 9.56. The highest BCUT2D eigenvalue weighted by atomic mass is 15.0. The molecule has 0 bridgehead atoms. The first-order valence-corrected chi connectivity index (χ1v) is 20.7. The molecular formula is C58H35N3. The lowest BCUT2D eigenvalue weighted by atomic mass is 9.87. The molecule has 0 radical (unpaired) electrons. The van der Waals surface area contributed by atoms with Gasteiger partial charge in [-0.05, 0) is 120 Å². The summed E-state index contributed by atoms with van der Waals surface area (Å²) in [5.74, 6) is 0. The van der Waals surface area contributed by atoms with Crippen LogP contribution < -0.4 is 0 Å². The maximum absolute atomic E-state index is 9.74. The van der Waals surface area contributed by atoms with Gasteiger partial charge in [0.15, 0.2) is 0 Å². The Morgan fingerprint density at radius 3 is 1.52 bits per heavy atom. The number of aromatic nitrogens is 2. The Morgan fingerprint density at radius 1 is 0.361 bits per heavy atom. The van der Waals surface area contributed by atoms with Gasteiger partial charge < -0.3 is 4.57 Å². The van der Waals surface area contributed by atoms with Crippen molar-refractivity contribution >= 4 is 65.0 Å². The van der Waals surface area contributed by atoms with Crippen LogP contribution in [0.2, 0.25) is 0 Å². The molecule has 12 rings (SSSR count). The highest BCUT2D eigenvalue weighted by molar-refractivity contribution is 6.24. The predicted molar refractivity (Wildman–Crippen MR) is 255 cm³/mol. The van der Waals surface area contributed by atoms with Crippen LogP contribution in [-0.2, 0) is 0 Å². The average Bonchev–Trinajstić information content (AvgIpc) is 3.66. The number of benzene rings is 10. The molecule has 3 nitrogen and oxygen atoms in total. The molecule has 2 aromatic heterocycles. The van der Waals surface area contributed by atoms with Gasteiger partial charge in [0, 0.05) is 33.6 Å². The van der Waals surface area contributed by atoms with Crippen LogP contribution in [0.4, 0.5) is 0 Å². The summed E-state index contributed by atoms with van der Waals surface area (Å²) >= 11 is 0. The highest BCUT2D eigenvalue weighted by Gasteiger charge is 2.17. The molecule has 2 heterocycles. The average molecular weight is 774 g/mol. The Balaban J connectivity index is 0.966. The second kappa shape index (κ2) is 13.9. The molecule has 0 aliphatic heterocycles. The van der Waals surface area contributed by atoms with Gasteiger partial charge in [-0.25, -0.2) is 0 Å². The van der Waals surface area contributed by atoms with Crippen LogP contribution in [0.3, 0.4) is 0 Å². The van der Waals surface area contributed by atoms with Crippen LogP contribution in [0, 0.1) is 11.3 Å². The highest BCUT2D eigenvalue weighted by Crippen LogP contribution is 2.43. The first-order valence-electron chi connectivity index (χ1n) is 20.7. The second-order valence-electron chi connectivity index (χ2n) is 15.8. The van der Waals surface area contributed by atoms with Crippen molar-refractivity contribution in [1.82, 2.24) is 9.55 Å². The van der Waals surface area contributed by atoms with E-state index in [2.05, 4.69) is 193 Å². The third kappa shape index (κ3) is 5.62. The van der Waals surface area contributed by atoms with E-state index < -0.39 is 0 Å². The molecule has 0 aliphatic carbocycles. The molecule has 10 aromatic carbocycles. The summed E-state index contributed by atoms with van der Waals surface area (Å²) in [6, 6.07) is 76.4. The van der Waals surface area contributed by atoms with Gasteiger partial charge in [-0.3, -0.25) is 4.98 Å². The molecule has 0 spiro atoms. The normalized spacial score (nSPS) is 11.6. The number of hydrogen-bond donors (Lipinski definition) is 0. The SMILES string of the molecule is N#Cc1ccc2c3ccc(-c4ccc(-c5cc6c7ccccc7c(-c7ccc(-c8cccc9cccnc89)cc7)cc6c6ccccc56)cc4)cc3n(-c3ccccc3)c2c1. The van der Waals surface area contributed by atoms with E-state index in [-0.39, 0.29) is 0 Å². The van der Waals surface area contributed by atoms with Crippen molar-refractivity contribution in [2.24, 2.45) is 0 Å². The summed E-state index contributed by atoms with van der Waals surface area (Å²) < 4.78 is 2.28. The number of rotatable bonds is 5. The maximum Gasteiger partial charge on any atom is 0.0992 e. The Morgan fingerprint density at radius 2 is 0.885 bits per heavy atom. The quantitative estimate of drug-likeness (QED) is 0.163. The molecule has 0 unspecified atom stereocenters. The van der Waals surface area contributed by atoms with Gasteiger partial charge in [0.2, 0.25) is 0 Å². The Labute approximate surface area is 352 Å². The van der Waals surface area contributed by atoms with Crippen LogP contribution in [0.1, 0.15) is 5.56 Å². The van der Waals surface area contributed by atoms with E-state index in [0.29, 0.717) is 5.56 Å². The molecule has 0 fully saturated rings. The first-order chi connectivity index (χ1) is 30.2. The van der Waals surface area contributed by atoms with Crippen LogP contribution in [0.15, 0.2) is 212 Å². The van der Waals surface area contributed by atoms with E-state index >= 15 is 0 Å². The van der Waals surface area contributed by atoms with Crippen molar-refractivity contribution < 1.29 is 0 Å². The number of fused-ring (bicyclic) bond motifs is 9. The van der Waals surface area contributed by atoms with Crippen molar-refractivity contribution in [2.45, 2.75) is 0 Å². The number of para-hydroxylation sites is 2. The van der Waals surface area contributed by atoms with Crippen LogP contribution in [-0.4, -0.2) is 9.55 Å². The fraction of sp³-hybridized carbons (Fsp3) is 0. The third-order valence-electron chi connectivity index (χ3n) is 12.5. The molecule has 61 heavy (non-hydrogen) atoms. The van der Waals surface area contributed by atoms with Gasteiger partial charge in [-0.1, -0.05) is 158 Å². The number of pyridine rings is 1. The molecule has 0 saturated heterocycles. The smallest absolute Gasteiger partial charge is 0.0992 e. The van der Waals surface area contributed by atoms with Gasteiger partial charge in [0.1, 0.15) is 0 Å². The lowest BCUT2D eigenvalue weighted by Crippen LogP contribution is -1.93. The first kappa shape index (κ1) is 34.7. The third-order valence-corrected chi connectivity index (χ3v) is 12.5. The van der Waals surface area contributed by atoms with E-state index in [4.69, 9.17) is 4.98 Å². The van der Waals surface area contributed by atoms with E-state index in [1.165, 1.54) is 54.6 Å². The monoisotopic (exact) mass is 773 g/mol. The molecule has 3 heteroatoms. The summed E-state index contributed by atoms with van der Waals surface area (Å²) in [5.41, 5.74) is 14.3. The number of hydrogen-bond acceptors (Lipinski definition) is 2. The summed E-state index contributed by atoms with van der Waals surface area (Å²) in [4.78, 5) is 4.71. The molecular weight excluding hydrogens is 739 g/mol. The number of nitriles is 1. The van der Waals surface area contributed by atoms with Crippen molar-refractivity contribution in [3.8, 4) is 56.3 Å². The van der Waals surface area contributed by atoms with E-state index in [9.17, 15) is 5.26 Å². The summed E-state index contributed by atoms with van der Waals surface area (Å²) in [6.07, 6.45) is 1.87. The zero-order valence-corrected chi connectivity index (χ0v) is 33.0. The lowest BCUT2D eigenvalue weighted by molar-refractivity contribution is 1.18. The van der Waals surface area contributed by atoms with Gasteiger partial charge in [-0.15, -0.1) is 0 Å². The summed E-state index contributed by atoms with van der Waals surface area (Å²) in [5, 5.41) is 20.6. The van der Waals surface area contributed by atoms with Crippen LogP contribution >= 0.6 is 0 Å². The van der Waals surface area contributed by atoms with Crippen molar-refractivity contribution in [3.63, 3.8) is 0 Å². The van der Waals surface area contributed by atoms with Gasteiger partial charge in [0.25, 0.3) is 0 Å². The van der Waals surface area contributed by atoms with Crippen molar-refractivity contribution in [2.75, 3.05) is 0 Å². The van der Waals surface area contributed by atoms with E-state index in [1.807, 2.05) is 30.5 Å². The second-order valence-corrected chi connectivity index (χ2v) is 15.8. The van der Waals surface area contributed by atoms with E-state index in [1.54, 1.807) is 0 Å². The van der Waals surface area contributed by atoms with Gasteiger partial charge in [0.05, 0.1) is 28.2 Å². The standard InChI is InChI=1S/C58H35N3/c59-36-37-19-29-50-51-30-28-43(33-57(51)61(56(50)32-37)44-12-2-1-3-13-44)38-20-22-40(23-21-38)52-34-54-49-17-7-5-15-47(49)53(35-55(54)48-16-6-4-14-46(48)52)41-26-24-39(25-27-41)45-18-8-10-42-11-9-31-60-58(42)45/h1-35H. The van der Waals surface area contributed by atoms with Crippen molar-refractivity contribution in [1.29, 1.82) is 5.26 Å². The van der Waals surface area contributed by atoms with Crippen LogP contribution in [0.25, 0.3) is 115 Å². The van der Waals surface area contributed by atoms with E-state index in [0.717, 1.165) is 60.6 Å². The molecule has 282 valence electrons. The maximum atomic E-state index is 9.74. The largest absolute Gasteiger partial charge is 0.309 e. The molecule has 0 saturated carbocycles. The molecule has 12 aromatic rings. The molecule has 0 N–H and O–H groups in total. The Bertz CT molecular complexity index is 3740. The zero-order valence-electron chi connectivity index (χ0n) is 33.0. The van der Waals surface area contributed by atoms with Gasteiger partial charge >= 0.3 is 0 Å². The van der Waals surface area contributed by atoms with Crippen LogP contribution in [0.5, 0.6) is 0 Å². The Kier molecular flexibility index (Phi) is 7.91. The van der Waals surface area contributed by atoms with Gasteiger partial charge in [-0.2, -0.15) is 5.26 Å². The Hall–Kier alpha value is -8.32. The minimum atomic E-state index is 0.652. The minimum absolute atomic E-state index is 0.652. The number of nitrogens with zero attached hydrogens (tertiary/aromatic N) is 3. The predicted octanol–water partition coefficient (Wildman–Crippen LogP) is 15.3. The topological polar surface area (TPSA) is 41.6 Å². The zero-order chi connectivity index (χ0) is 40.4. The fourth-order valence-corrected chi connectivity index (χ4v) is 9.56. The molecule has 0 atom stereocenters.